The number of aliphatic hydroxyl groups excluding tert-OH is 1. The molecule has 2 N–H and O–H groups in total. The van der Waals surface area contributed by atoms with Gasteiger partial charge in [-0.05, 0) is 50.3 Å². The van der Waals surface area contributed by atoms with Crippen LogP contribution in [-0.4, -0.2) is 23.3 Å². The molecule has 0 bridgehead atoms. The Bertz CT molecular complexity index is 333. The summed E-state index contributed by atoms with van der Waals surface area (Å²) in [6, 6.07) is 0.544. The summed E-state index contributed by atoms with van der Waals surface area (Å²) < 4.78 is 2.29. The normalized spacial score (nSPS) is 19.8. The fourth-order valence-corrected chi connectivity index (χ4v) is 2.58. The summed E-state index contributed by atoms with van der Waals surface area (Å²) in [5.74, 6) is 0. The molecule has 0 aliphatic heterocycles. The standard InChI is InChI=1S/C13H22N2O/c1-14-13-6-4-5-11-9-15(10-12(11)13)7-2-3-8-16/h9-10,13-14,16H,2-8H2,1H3. The Labute approximate surface area is 97.5 Å². The van der Waals surface area contributed by atoms with Crippen molar-refractivity contribution in [2.45, 2.75) is 44.7 Å². The molecule has 0 spiro atoms. The van der Waals surface area contributed by atoms with Gasteiger partial charge in [0.1, 0.15) is 0 Å². The molecule has 1 aliphatic carbocycles. The molecule has 0 fully saturated rings. The number of aryl methyl sites for hydroxylation is 2. The number of aromatic nitrogens is 1. The first-order chi connectivity index (χ1) is 7.85. The van der Waals surface area contributed by atoms with Crippen molar-refractivity contribution in [1.29, 1.82) is 0 Å². The van der Waals surface area contributed by atoms with Gasteiger partial charge < -0.3 is 15.0 Å². The quantitative estimate of drug-likeness (QED) is 0.746. The minimum atomic E-state index is 0.306. The van der Waals surface area contributed by atoms with E-state index in [1.807, 2.05) is 7.05 Å². The number of fused-ring (bicyclic) bond motifs is 1. The van der Waals surface area contributed by atoms with Crippen LogP contribution < -0.4 is 5.32 Å². The molecule has 2 rings (SSSR count). The highest BCUT2D eigenvalue weighted by atomic mass is 16.2. The van der Waals surface area contributed by atoms with E-state index < -0.39 is 0 Å². The van der Waals surface area contributed by atoms with Crippen molar-refractivity contribution in [2.75, 3.05) is 13.7 Å². The molecular weight excluding hydrogens is 200 g/mol. The predicted molar refractivity (Wildman–Crippen MR) is 65.5 cm³/mol. The zero-order chi connectivity index (χ0) is 11.4. The molecule has 1 aromatic rings. The number of unbranched alkanes of at least 4 members (excludes halogenated alkanes) is 1. The lowest BCUT2D eigenvalue weighted by atomic mass is 9.91. The molecule has 0 saturated heterocycles. The van der Waals surface area contributed by atoms with E-state index in [-0.39, 0.29) is 0 Å². The fraction of sp³-hybridized carbons (Fsp3) is 0.692. The zero-order valence-corrected chi connectivity index (χ0v) is 10.1. The van der Waals surface area contributed by atoms with Gasteiger partial charge in [0.2, 0.25) is 0 Å². The molecule has 0 amide bonds. The maximum absolute atomic E-state index is 8.77. The minimum Gasteiger partial charge on any atom is -0.396 e. The van der Waals surface area contributed by atoms with Crippen molar-refractivity contribution < 1.29 is 5.11 Å². The third-order valence-electron chi connectivity index (χ3n) is 3.48. The first-order valence-corrected chi connectivity index (χ1v) is 6.32. The molecule has 1 heterocycles. The van der Waals surface area contributed by atoms with Crippen LogP contribution >= 0.6 is 0 Å². The topological polar surface area (TPSA) is 37.2 Å². The van der Waals surface area contributed by atoms with Gasteiger partial charge in [0.15, 0.2) is 0 Å². The summed E-state index contributed by atoms with van der Waals surface area (Å²) in [6.07, 6.45) is 10.3. The Morgan fingerprint density at radius 2 is 2.31 bits per heavy atom. The molecule has 3 heteroatoms. The maximum atomic E-state index is 8.77. The van der Waals surface area contributed by atoms with Gasteiger partial charge in [-0.25, -0.2) is 0 Å². The number of hydrogen-bond acceptors (Lipinski definition) is 2. The molecule has 0 saturated carbocycles. The Kier molecular flexibility index (Phi) is 4.02. The second kappa shape index (κ2) is 5.51. The number of nitrogens with one attached hydrogen (secondary N) is 1. The van der Waals surface area contributed by atoms with Crippen molar-refractivity contribution in [1.82, 2.24) is 9.88 Å². The summed E-state index contributed by atoms with van der Waals surface area (Å²) in [7, 11) is 2.04. The molecule has 0 aromatic carbocycles. The smallest absolute Gasteiger partial charge is 0.0431 e. The van der Waals surface area contributed by atoms with Gasteiger partial charge in [-0.2, -0.15) is 0 Å². The summed E-state index contributed by atoms with van der Waals surface area (Å²) in [5.41, 5.74) is 2.99. The van der Waals surface area contributed by atoms with Crippen LogP contribution in [0.3, 0.4) is 0 Å². The average molecular weight is 222 g/mol. The van der Waals surface area contributed by atoms with E-state index in [1.54, 1.807) is 0 Å². The first kappa shape index (κ1) is 11.7. The maximum Gasteiger partial charge on any atom is 0.0431 e. The Hall–Kier alpha value is -0.800. The van der Waals surface area contributed by atoms with Crippen LogP contribution in [0.2, 0.25) is 0 Å². The Morgan fingerprint density at radius 3 is 3.06 bits per heavy atom. The van der Waals surface area contributed by atoms with Crippen molar-refractivity contribution >= 4 is 0 Å². The van der Waals surface area contributed by atoms with E-state index in [0.29, 0.717) is 12.6 Å². The van der Waals surface area contributed by atoms with Gasteiger partial charge >= 0.3 is 0 Å². The zero-order valence-electron chi connectivity index (χ0n) is 10.1. The summed E-state index contributed by atoms with van der Waals surface area (Å²) >= 11 is 0. The monoisotopic (exact) mass is 222 g/mol. The number of nitrogens with zero attached hydrogens (tertiary/aromatic N) is 1. The fourth-order valence-electron chi connectivity index (χ4n) is 2.58. The van der Waals surface area contributed by atoms with Crippen molar-refractivity contribution in [3.8, 4) is 0 Å². The van der Waals surface area contributed by atoms with Crippen molar-refractivity contribution in [3.05, 3.63) is 23.5 Å². The van der Waals surface area contributed by atoms with E-state index >= 15 is 0 Å². The SMILES string of the molecule is CNC1CCCc2cn(CCCCO)cc21. The van der Waals surface area contributed by atoms with Crippen LogP contribution in [-0.2, 0) is 13.0 Å². The highest BCUT2D eigenvalue weighted by Crippen LogP contribution is 2.30. The Balaban J connectivity index is 2.03. The predicted octanol–water partition coefficient (Wildman–Crippen LogP) is 1.86. The molecular formula is C13H22N2O. The van der Waals surface area contributed by atoms with Gasteiger partial charge in [-0.1, -0.05) is 0 Å². The lowest BCUT2D eigenvalue weighted by molar-refractivity contribution is 0.281. The van der Waals surface area contributed by atoms with E-state index in [4.69, 9.17) is 5.11 Å². The van der Waals surface area contributed by atoms with Gasteiger partial charge in [-0.15, -0.1) is 0 Å². The first-order valence-electron chi connectivity index (χ1n) is 6.32. The highest BCUT2D eigenvalue weighted by Gasteiger charge is 2.20. The molecule has 0 radical (unpaired) electrons. The molecule has 90 valence electrons. The number of rotatable bonds is 5. The third-order valence-corrected chi connectivity index (χ3v) is 3.48. The summed E-state index contributed by atoms with van der Waals surface area (Å²) in [5, 5.41) is 12.2. The molecule has 1 unspecified atom stereocenters. The van der Waals surface area contributed by atoms with E-state index in [9.17, 15) is 0 Å². The molecule has 3 nitrogen and oxygen atoms in total. The van der Waals surface area contributed by atoms with Crippen molar-refractivity contribution in [2.24, 2.45) is 0 Å². The van der Waals surface area contributed by atoms with Gasteiger partial charge in [-0.3, -0.25) is 0 Å². The number of hydrogen-bond donors (Lipinski definition) is 2. The molecule has 1 atom stereocenters. The van der Waals surface area contributed by atoms with Crippen LogP contribution in [0.4, 0.5) is 0 Å². The van der Waals surface area contributed by atoms with Crippen LogP contribution in [0.5, 0.6) is 0 Å². The van der Waals surface area contributed by atoms with Gasteiger partial charge in [0, 0.05) is 31.6 Å². The van der Waals surface area contributed by atoms with E-state index in [2.05, 4.69) is 22.3 Å². The molecule has 16 heavy (non-hydrogen) atoms. The average Bonchev–Trinajstić information content (AvgIpc) is 2.71. The van der Waals surface area contributed by atoms with Gasteiger partial charge in [0.25, 0.3) is 0 Å². The largest absolute Gasteiger partial charge is 0.396 e. The Morgan fingerprint density at radius 1 is 1.44 bits per heavy atom. The molecule has 1 aromatic heterocycles. The van der Waals surface area contributed by atoms with E-state index in [1.165, 1.54) is 30.4 Å². The van der Waals surface area contributed by atoms with Gasteiger partial charge in [0.05, 0.1) is 0 Å². The van der Waals surface area contributed by atoms with Crippen LogP contribution in [0, 0.1) is 0 Å². The second-order valence-electron chi connectivity index (χ2n) is 4.64. The third kappa shape index (κ3) is 2.47. The van der Waals surface area contributed by atoms with E-state index in [0.717, 1.165) is 19.4 Å². The summed E-state index contributed by atoms with van der Waals surface area (Å²) in [6.45, 7) is 1.34. The number of aliphatic hydroxyl groups is 1. The molecule has 1 aliphatic rings. The minimum absolute atomic E-state index is 0.306. The second-order valence-corrected chi connectivity index (χ2v) is 4.64. The van der Waals surface area contributed by atoms with Crippen molar-refractivity contribution in [3.63, 3.8) is 0 Å². The lowest BCUT2D eigenvalue weighted by Gasteiger charge is -2.21. The summed E-state index contributed by atoms with van der Waals surface area (Å²) in [4.78, 5) is 0. The highest BCUT2D eigenvalue weighted by molar-refractivity contribution is 5.30. The van der Waals surface area contributed by atoms with Crippen LogP contribution in [0.1, 0.15) is 42.9 Å². The lowest BCUT2D eigenvalue weighted by Crippen LogP contribution is -2.20. The van der Waals surface area contributed by atoms with Crippen LogP contribution in [0.25, 0.3) is 0 Å². The van der Waals surface area contributed by atoms with Crippen LogP contribution in [0.15, 0.2) is 12.4 Å².